The van der Waals surface area contributed by atoms with Gasteiger partial charge in [0.05, 0.1) is 0 Å². The minimum atomic E-state index is -0.839. The van der Waals surface area contributed by atoms with Gasteiger partial charge in [-0.15, -0.1) is 0 Å². The van der Waals surface area contributed by atoms with Gasteiger partial charge in [-0.05, 0) is 12.1 Å². The SMILES string of the molecule is O=C(c1c(F)cccc1F)N1CCC(Oc2ccncn2)CC1. The molecular weight excluding hydrogens is 304 g/mol. The van der Waals surface area contributed by atoms with Gasteiger partial charge in [-0.1, -0.05) is 6.07 Å². The van der Waals surface area contributed by atoms with Crippen LogP contribution < -0.4 is 4.74 Å². The van der Waals surface area contributed by atoms with Crippen molar-refractivity contribution in [2.45, 2.75) is 18.9 Å². The number of amides is 1. The summed E-state index contributed by atoms with van der Waals surface area (Å²) in [7, 11) is 0. The Kier molecular flexibility index (Phi) is 4.45. The van der Waals surface area contributed by atoms with E-state index in [1.54, 1.807) is 12.3 Å². The van der Waals surface area contributed by atoms with Crippen molar-refractivity contribution in [2.24, 2.45) is 0 Å². The van der Waals surface area contributed by atoms with Crippen LogP contribution in [0.5, 0.6) is 5.88 Å². The Morgan fingerprint density at radius 2 is 1.87 bits per heavy atom. The molecule has 0 bridgehead atoms. The predicted molar refractivity (Wildman–Crippen MR) is 77.9 cm³/mol. The number of halogens is 2. The van der Waals surface area contributed by atoms with Crippen molar-refractivity contribution in [3.8, 4) is 5.88 Å². The Bertz CT molecular complexity index is 669. The smallest absolute Gasteiger partial charge is 0.259 e. The summed E-state index contributed by atoms with van der Waals surface area (Å²) < 4.78 is 33.1. The second-order valence-electron chi connectivity index (χ2n) is 5.25. The maximum atomic E-state index is 13.7. The molecular formula is C16H15F2N3O2. The van der Waals surface area contributed by atoms with E-state index in [2.05, 4.69) is 9.97 Å². The van der Waals surface area contributed by atoms with Crippen molar-refractivity contribution < 1.29 is 18.3 Å². The average Bonchev–Trinajstić information content (AvgIpc) is 2.56. The van der Waals surface area contributed by atoms with Crippen molar-refractivity contribution in [3.63, 3.8) is 0 Å². The van der Waals surface area contributed by atoms with Gasteiger partial charge < -0.3 is 9.64 Å². The molecule has 1 fully saturated rings. The highest BCUT2D eigenvalue weighted by Crippen LogP contribution is 2.20. The minimum Gasteiger partial charge on any atom is -0.474 e. The maximum absolute atomic E-state index is 13.7. The van der Waals surface area contributed by atoms with Crippen LogP contribution in [-0.4, -0.2) is 40.0 Å². The lowest BCUT2D eigenvalue weighted by Gasteiger charge is -2.32. The second kappa shape index (κ2) is 6.68. The van der Waals surface area contributed by atoms with E-state index in [-0.39, 0.29) is 6.10 Å². The topological polar surface area (TPSA) is 55.3 Å². The Morgan fingerprint density at radius 1 is 1.17 bits per heavy atom. The Hall–Kier alpha value is -2.57. The molecule has 7 heteroatoms. The molecule has 0 unspecified atom stereocenters. The third kappa shape index (κ3) is 3.44. The predicted octanol–water partition coefficient (Wildman–Crippen LogP) is 2.44. The van der Waals surface area contributed by atoms with Crippen molar-refractivity contribution >= 4 is 5.91 Å². The third-order valence-electron chi connectivity index (χ3n) is 3.75. The van der Waals surface area contributed by atoms with Crippen molar-refractivity contribution in [1.29, 1.82) is 0 Å². The number of aromatic nitrogens is 2. The van der Waals surface area contributed by atoms with Gasteiger partial charge in [-0.2, -0.15) is 0 Å². The molecule has 1 amide bonds. The lowest BCUT2D eigenvalue weighted by molar-refractivity contribution is 0.0579. The third-order valence-corrected chi connectivity index (χ3v) is 3.75. The largest absolute Gasteiger partial charge is 0.474 e. The molecule has 2 aromatic rings. The molecule has 0 saturated carbocycles. The molecule has 23 heavy (non-hydrogen) atoms. The van der Waals surface area contributed by atoms with E-state index in [1.807, 2.05) is 0 Å². The Morgan fingerprint density at radius 3 is 2.48 bits per heavy atom. The molecule has 0 spiro atoms. The fourth-order valence-electron chi connectivity index (χ4n) is 2.56. The van der Waals surface area contributed by atoms with Crippen LogP contribution in [0.3, 0.4) is 0 Å². The monoisotopic (exact) mass is 319 g/mol. The molecule has 1 aliphatic heterocycles. The number of hydrogen-bond donors (Lipinski definition) is 0. The number of nitrogens with zero attached hydrogens (tertiary/aromatic N) is 3. The summed E-state index contributed by atoms with van der Waals surface area (Å²) in [5, 5.41) is 0. The summed E-state index contributed by atoms with van der Waals surface area (Å²) in [6.45, 7) is 0.755. The first-order chi connectivity index (χ1) is 11.1. The molecule has 1 aliphatic rings. The number of piperidine rings is 1. The first-order valence-corrected chi connectivity index (χ1v) is 7.31. The van der Waals surface area contributed by atoms with Gasteiger partial charge in [0.1, 0.15) is 29.6 Å². The Labute approximate surface area is 131 Å². The van der Waals surface area contributed by atoms with Gasteiger partial charge in [0, 0.05) is 38.2 Å². The summed E-state index contributed by atoms with van der Waals surface area (Å²) in [5.74, 6) is -1.82. The van der Waals surface area contributed by atoms with Crippen molar-refractivity contribution in [3.05, 3.63) is 54.0 Å². The number of ether oxygens (including phenoxy) is 1. The number of benzene rings is 1. The molecule has 1 saturated heterocycles. The zero-order valence-electron chi connectivity index (χ0n) is 12.3. The van der Waals surface area contributed by atoms with E-state index >= 15 is 0 Å². The highest BCUT2D eigenvalue weighted by Gasteiger charge is 2.28. The molecule has 0 N–H and O–H groups in total. The normalized spacial score (nSPS) is 15.5. The molecule has 0 aliphatic carbocycles. The number of carbonyl (C=O) groups excluding carboxylic acids is 1. The van der Waals surface area contributed by atoms with Gasteiger partial charge >= 0.3 is 0 Å². The minimum absolute atomic E-state index is 0.0839. The summed E-state index contributed by atoms with van der Waals surface area (Å²) >= 11 is 0. The van der Waals surface area contributed by atoms with Crippen LogP contribution in [0, 0.1) is 11.6 Å². The summed E-state index contributed by atoms with van der Waals surface area (Å²) in [5.41, 5.74) is -0.498. The molecule has 2 heterocycles. The molecule has 0 radical (unpaired) electrons. The summed E-state index contributed by atoms with van der Waals surface area (Å²) in [6.07, 6.45) is 4.05. The van der Waals surface area contributed by atoms with Crippen LogP contribution in [0.1, 0.15) is 23.2 Å². The van der Waals surface area contributed by atoms with E-state index in [4.69, 9.17) is 4.74 Å². The standard InChI is InChI=1S/C16H15F2N3O2/c17-12-2-1-3-13(18)15(12)16(22)21-8-5-11(6-9-21)23-14-4-7-19-10-20-14/h1-4,7,10-11H,5-6,8-9H2. The first-order valence-electron chi connectivity index (χ1n) is 7.31. The van der Waals surface area contributed by atoms with Crippen LogP contribution in [0.4, 0.5) is 8.78 Å². The van der Waals surface area contributed by atoms with Crippen LogP contribution in [0.15, 0.2) is 36.8 Å². The number of likely N-dealkylation sites (tertiary alicyclic amines) is 1. The lowest BCUT2D eigenvalue weighted by atomic mass is 10.1. The van der Waals surface area contributed by atoms with Crippen LogP contribution in [-0.2, 0) is 0 Å². The van der Waals surface area contributed by atoms with E-state index in [9.17, 15) is 13.6 Å². The molecule has 0 atom stereocenters. The first kappa shape index (κ1) is 15.3. The molecule has 120 valence electrons. The highest BCUT2D eigenvalue weighted by atomic mass is 19.1. The van der Waals surface area contributed by atoms with E-state index < -0.39 is 23.1 Å². The fraction of sp³-hybridized carbons (Fsp3) is 0.312. The molecule has 1 aromatic carbocycles. The number of rotatable bonds is 3. The van der Waals surface area contributed by atoms with E-state index in [0.717, 1.165) is 12.1 Å². The average molecular weight is 319 g/mol. The van der Waals surface area contributed by atoms with Gasteiger partial charge in [-0.3, -0.25) is 4.79 Å². The zero-order valence-corrected chi connectivity index (χ0v) is 12.3. The molecule has 1 aromatic heterocycles. The van der Waals surface area contributed by atoms with Crippen LogP contribution >= 0.6 is 0 Å². The zero-order chi connectivity index (χ0) is 16.2. The van der Waals surface area contributed by atoms with Crippen LogP contribution in [0.2, 0.25) is 0 Å². The van der Waals surface area contributed by atoms with E-state index in [0.29, 0.717) is 31.8 Å². The Balaban J connectivity index is 1.62. The van der Waals surface area contributed by atoms with Gasteiger partial charge in [-0.25, -0.2) is 18.7 Å². The van der Waals surface area contributed by atoms with Gasteiger partial charge in [0.25, 0.3) is 5.91 Å². The summed E-state index contributed by atoms with van der Waals surface area (Å²) in [6, 6.07) is 5.07. The van der Waals surface area contributed by atoms with Crippen molar-refractivity contribution in [2.75, 3.05) is 13.1 Å². The highest BCUT2D eigenvalue weighted by molar-refractivity contribution is 5.94. The molecule has 3 rings (SSSR count). The molecule has 5 nitrogen and oxygen atoms in total. The van der Waals surface area contributed by atoms with E-state index in [1.165, 1.54) is 17.3 Å². The quantitative estimate of drug-likeness (QED) is 0.872. The number of carbonyl (C=O) groups is 1. The van der Waals surface area contributed by atoms with Gasteiger partial charge in [0.15, 0.2) is 0 Å². The van der Waals surface area contributed by atoms with Crippen molar-refractivity contribution in [1.82, 2.24) is 14.9 Å². The lowest BCUT2D eigenvalue weighted by Crippen LogP contribution is -2.42. The second-order valence-corrected chi connectivity index (χ2v) is 5.25. The maximum Gasteiger partial charge on any atom is 0.259 e. The van der Waals surface area contributed by atoms with Crippen LogP contribution in [0.25, 0.3) is 0 Å². The fourth-order valence-corrected chi connectivity index (χ4v) is 2.56. The summed E-state index contributed by atoms with van der Waals surface area (Å²) in [4.78, 5) is 21.5. The van der Waals surface area contributed by atoms with Gasteiger partial charge in [0.2, 0.25) is 5.88 Å². The number of hydrogen-bond acceptors (Lipinski definition) is 4.